The van der Waals surface area contributed by atoms with E-state index in [4.69, 9.17) is 11.6 Å². The third kappa shape index (κ3) is 4.91. The van der Waals surface area contributed by atoms with Crippen molar-refractivity contribution in [3.05, 3.63) is 34.9 Å². The minimum Gasteiger partial charge on any atom is -0.323 e. The van der Waals surface area contributed by atoms with Gasteiger partial charge < -0.3 is 5.32 Å². The zero-order valence-corrected chi connectivity index (χ0v) is 19.7. The van der Waals surface area contributed by atoms with Gasteiger partial charge in [0.25, 0.3) is 5.91 Å². The molecule has 7 heteroatoms. The smallest absolute Gasteiger partial charge is 0.323 e. The van der Waals surface area contributed by atoms with Crippen LogP contribution < -0.4 is 5.32 Å². The molecule has 2 heterocycles. The number of benzene rings is 1. The summed E-state index contributed by atoms with van der Waals surface area (Å²) in [5.74, 6) is 0.582. The number of hydrogen-bond donors (Lipinski definition) is 1. The lowest BCUT2D eigenvalue weighted by molar-refractivity contribution is -0.134. The van der Waals surface area contributed by atoms with E-state index in [0.717, 1.165) is 63.4 Å². The highest BCUT2D eigenvalue weighted by Crippen LogP contribution is 2.43. The summed E-state index contributed by atoms with van der Waals surface area (Å²) < 4.78 is 0. The van der Waals surface area contributed by atoms with Crippen LogP contribution in [0.5, 0.6) is 0 Å². The Bertz CT molecular complexity index is 804. The highest BCUT2D eigenvalue weighted by Gasteiger charge is 2.53. The Labute approximate surface area is 190 Å². The normalized spacial score (nSPS) is 28.4. The van der Waals surface area contributed by atoms with E-state index in [1.165, 1.54) is 10.5 Å². The average Bonchev–Trinajstić information content (AvgIpc) is 2.95. The topological polar surface area (TPSA) is 55.9 Å². The molecular weight excluding hydrogens is 412 g/mol. The Kier molecular flexibility index (Phi) is 6.35. The number of carbonyl (C=O) groups excluding carboxylic acids is 2. The second kappa shape index (κ2) is 8.72. The van der Waals surface area contributed by atoms with E-state index in [2.05, 4.69) is 48.0 Å². The molecule has 0 bridgehead atoms. The summed E-state index contributed by atoms with van der Waals surface area (Å²) in [5, 5.41) is 3.82. The van der Waals surface area contributed by atoms with Crippen molar-refractivity contribution >= 4 is 23.5 Å². The van der Waals surface area contributed by atoms with Gasteiger partial charge in [-0.25, -0.2) is 9.69 Å². The molecule has 170 valence electrons. The third-order valence-corrected chi connectivity index (χ3v) is 7.69. The van der Waals surface area contributed by atoms with Crippen LogP contribution in [-0.4, -0.2) is 65.0 Å². The summed E-state index contributed by atoms with van der Waals surface area (Å²) in [4.78, 5) is 32.0. The van der Waals surface area contributed by atoms with Gasteiger partial charge in [0, 0.05) is 37.7 Å². The molecule has 2 saturated heterocycles. The second-order valence-corrected chi connectivity index (χ2v) is 11.0. The zero-order valence-electron chi connectivity index (χ0n) is 19.0. The third-order valence-electron chi connectivity index (χ3n) is 7.44. The minimum atomic E-state index is -0.671. The summed E-state index contributed by atoms with van der Waals surface area (Å²) in [7, 11) is 0. The number of halogens is 1. The van der Waals surface area contributed by atoms with Crippen LogP contribution in [0.2, 0.25) is 5.02 Å². The van der Waals surface area contributed by atoms with Gasteiger partial charge in [0.1, 0.15) is 5.54 Å². The molecule has 3 fully saturated rings. The molecule has 0 radical (unpaired) electrons. The van der Waals surface area contributed by atoms with Crippen LogP contribution in [0.25, 0.3) is 0 Å². The quantitative estimate of drug-likeness (QED) is 0.711. The van der Waals surface area contributed by atoms with Gasteiger partial charge in [-0.15, -0.1) is 0 Å². The van der Waals surface area contributed by atoms with E-state index < -0.39 is 5.54 Å². The number of piperazine rings is 1. The van der Waals surface area contributed by atoms with Gasteiger partial charge in [0.15, 0.2) is 0 Å². The number of urea groups is 1. The summed E-state index contributed by atoms with van der Waals surface area (Å²) >= 11 is 5.97. The molecule has 1 spiro atoms. The molecule has 31 heavy (non-hydrogen) atoms. The molecule has 1 saturated carbocycles. The maximum absolute atomic E-state index is 13.3. The highest BCUT2D eigenvalue weighted by atomic mass is 35.5. The van der Waals surface area contributed by atoms with Gasteiger partial charge in [0.05, 0.1) is 6.67 Å². The number of rotatable bonds is 4. The number of hydrogen-bond acceptors (Lipinski definition) is 4. The van der Waals surface area contributed by atoms with Gasteiger partial charge in [-0.2, -0.15) is 0 Å². The van der Waals surface area contributed by atoms with Gasteiger partial charge in [-0.1, -0.05) is 44.5 Å². The van der Waals surface area contributed by atoms with Gasteiger partial charge in [0.2, 0.25) is 0 Å². The second-order valence-electron chi connectivity index (χ2n) is 10.5. The molecule has 1 aromatic rings. The van der Waals surface area contributed by atoms with Crippen molar-refractivity contribution in [2.75, 3.05) is 32.8 Å². The highest BCUT2D eigenvalue weighted by molar-refractivity contribution is 6.30. The number of nitrogens with one attached hydrogen (secondary N) is 1. The van der Waals surface area contributed by atoms with E-state index in [9.17, 15) is 9.59 Å². The van der Waals surface area contributed by atoms with Crippen LogP contribution in [0.4, 0.5) is 4.79 Å². The number of carbonyl (C=O) groups is 2. The van der Waals surface area contributed by atoms with E-state index in [1.807, 2.05) is 12.1 Å². The largest absolute Gasteiger partial charge is 0.326 e. The van der Waals surface area contributed by atoms with Crippen LogP contribution in [0, 0.1) is 11.3 Å². The lowest BCUT2D eigenvalue weighted by atomic mass is 9.67. The lowest BCUT2D eigenvalue weighted by Crippen LogP contribution is -2.53. The lowest BCUT2D eigenvalue weighted by Gasteiger charge is -2.41. The Balaban J connectivity index is 1.29. The van der Waals surface area contributed by atoms with Crippen molar-refractivity contribution in [3.63, 3.8) is 0 Å². The fraction of sp³-hybridized carbons (Fsp3) is 0.667. The first kappa shape index (κ1) is 22.6. The van der Waals surface area contributed by atoms with Crippen molar-refractivity contribution < 1.29 is 9.59 Å². The molecular formula is C24H35ClN4O2. The van der Waals surface area contributed by atoms with E-state index in [1.54, 1.807) is 0 Å². The van der Waals surface area contributed by atoms with Crippen molar-refractivity contribution in [2.45, 2.75) is 58.5 Å². The van der Waals surface area contributed by atoms with Crippen molar-refractivity contribution in [3.8, 4) is 0 Å². The van der Waals surface area contributed by atoms with Crippen LogP contribution in [0.3, 0.4) is 0 Å². The van der Waals surface area contributed by atoms with E-state index in [-0.39, 0.29) is 17.4 Å². The molecule has 1 N–H and O–H groups in total. The Morgan fingerprint density at radius 2 is 1.58 bits per heavy atom. The van der Waals surface area contributed by atoms with Crippen molar-refractivity contribution in [1.82, 2.24) is 20.0 Å². The maximum atomic E-state index is 13.3. The summed E-state index contributed by atoms with van der Waals surface area (Å²) in [6.45, 7) is 11.6. The number of imide groups is 1. The fourth-order valence-electron chi connectivity index (χ4n) is 5.26. The van der Waals surface area contributed by atoms with E-state index in [0.29, 0.717) is 12.6 Å². The molecule has 6 nitrogen and oxygen atoms in total. The van der Waals surface area contributed by atoms with Crippen molar-refractivity contribution in [2.24, 2.45) is 11.3 Å². The number of amides is 3. The first-order valence-corrected chi connectivity index (χ1v) is 11.9. The molecule has 2 aliphatic heterocycles. The molecule has 0 atom stereocenters. The maximum Gasteiger partial charge on any atom is 0.326 e. The van der Waals surface area contributed by atoms with Gasteiger partial charge in [-0.3, -0.25) is 14.6 Å². The number of nitrogens with zero attached hydrogens (tertiary/aromatic N) is 3. The summed E-state index contributed by atoms with van der Waals surface area (Å²) in [5.41, 5.74) is 0.827. The molecule has 0 unspecified atom stereocenters. The Morgan fingerprint density at radius 3 is 2.16 bits per heavy atom. The van der Waals surface area contributed by atoms with Crippen LogP contribution in [0.1, 0.15) is 52.0 Å². The monoisotopic (exact) mass is 446 g/mol. The Morgan fingerprint density at radius 1 is 1.00 bits per heavy atom. The first-order chi connectivity index (χ1) is 14.7. The summed E-state index contributed by atoms with van der Waals surface area (Å²) in [6, 6.07) is 7.76. The zero-order chi connectivity index (χ0) is 22.2. The van der Waals surface area contributed by atoms with Crippen LogP contribution in [-0.2, 0) is 11.3 Å². The molecule has 0 aromatic heterocycles. The van der Waals surface area contributed by atoms with E-state index >= 15 is 0 Å². The van der Waals surface area contributed by atoms with Gasteiger partial charge in [-0.05, 0) is 54.7 Å². The van der Waals surface area contributed by atoms with Gasteiger partial charge >= 0.3 is 6.03 Å². The Hall–Kier alpha value is -1.63. The van der Waals surface area contributed by atoms with Crippen molar-refractivity contribution in [1.29, 1.82) is 0 Å². The van der Waals surface area contributed by atoms with Crippen LogP contribution >= 0.6 is 11.6 Å². The molecule has 1 aliphatic carbocycles. The SMILES string of the molecule is CC(C)(C)C1CCC2(CC1)NC(=O)N(CN1CCN(Cc3ccc(Cl)cc3)CC1)C2=O. The standard InChI is InChI=1S/C24H35ClN4O2/c1-23(2,3)19-8-10-24(11-9-19)21(30)29(22(31)26-24)17-28-14-12-27(13-15-28)16-18-4-6-20(25)7-5-18/h4-7,19H,8-17H2,1-3H3,(H,26,31). The first-order valence-electron chi connectivity index (χ1n) is 11.5. The predicted molar refractivity (Wildman–Crippen MR) is 123 cm³/mol. The minimum absolute atomic E-state index is 0.0200. The summed E-state index contributed by atoms with van der Waals surface area (Å²) in [6.07, 6.45) is 3.50. The van der Waals surface area contributed by atoms with Crippen LogP contribution in [0.15, 0.2) is 24.3 Å². The fourth-order valence-corrected chi connectivity index (χ4v) is 5.38. The molecule has 4 rings (SSSR count). The molecule has 3 aliphatic rings. The predicted octanol–water partition coefficient (Wildman–Crippen LogP) is 3.94. The molecule has 3 amide bonds. The molecule has 1 aromatic carbocycles. The average molecular weight is 447 g/mol.